The minimum Gasteiger partial charge on any atom is -0.455 e. The first-order valence-corrected chi connectivity index (χ1v) is 11.6. The lowest BCUT2D eigenvalue weighted by molar-refractivity contribution is -0.171. The van der Waals surface area contributed by atoms with Gasteiger partial charge in [0.05, 0.1) is 10.6 Å². The summed E-state index contributed by atoms with van der Waals surface area (Å²) in [7, 11) is -3.93. The molecule has 2 atom stereocenters. The Hall–Kier alpha value is -3.35. The number of aryl methyl sites for hydroxylation is 1. The van der Waals surface area contributed by atoms with E-state index in [4.69, 9.17) is 4.52 Å². The van der Waals surface area contributed by atoms with Gasteiger partial charge in [-0.2, -0.15) is 0 Å². The second-order valence-electron chi connectivity index (χ2n) is 7.81. The SMILES string of the molecule is CC(=O)OC1C(F)C(=O)C(F)(C(=O)c2ccc(S(C)(=O)=O)c(-c3cc(C)no3)c2C)C(=O)C1F. The number of ketones is 3. The summed E-state index contributed by atoms with van der Waals surface area (Å²) in [5.74, 6) is -7.71. The number of ether oxygens (including phenoxy) is 1. The van der Waals surface area contributed by atoms with Crippen LogP contribution in [0.2, 0.25) is 0 Å². The number of sulfone groups is 1. The number of hydrogen-bond donors (Lipinski definition) is 0. The molecule has 3 rings (SSSR count). The molecule has 34 heavy (non-hydrogen) atoms. The molecule has 0 bridgehead atoms. The summed E-state index contributed by atoms with van der Waals surface area (Å²) >= 11 is 0. The van der Waals surface area contributed by atoms with E-state index in [0.29, 0.717) is 5.69 Å². The molecule has 0 saturated heterocycles. The molecule has 9 nitrogen and oxygen atoms in total. The smallest absolute Gasteiger partial charge is 0.303 e. The zero-order chi connectivity index (χ0) is 25.7. The summed E-state index contributed by atoms with van der Waals surface area (Å²) in [5.41, 5.74) is -5.08. The highest BCUT2D eigenvalue weighted by molar-refractivity contribution is 7.90. The lowest BCUT2D eigenvalue weighted by atomic mass is 9.75. The topological polar surface area (TPSA) is 138 Å². The van der Waals surface area contributed by atoms with E-state index in [1.165, 1.54) is 19.9 Å². The monoisotopic (exact) mass is 501 g/mol. The van der Waals surface area contributed by atoms with Crippen LogP contribution in [0.25, 0.3) is 11.3 Å². The number of aromatic nitrogens is 1. The molecular formula is C21H18F3NO8S. The van der Waals surface area contributed by atoms with Crippen LogP contribution >= 0.6 is 0 Å². The molecule has 1 aliphatic carbocycles. The average Bonchev–Trinajstić information content (AvgIpc) is 3.18. The van der Waals surface area contributed by atoms with E-state index in [1.807, 2.05) is 0 Å². The standard InChI is InChI=1S/C21H18F3NO8S/c1-8-7-12(33-25-8)14-9(2)11(5-6-13(14)34(4,30)31)18(27)21(24)19(28)15(22)17(32-10(3)26)16(23)20(21)29/h5-7,15-17H,1-4H3. The molecule has 1 aromatic carbocycles. The number of Topliss-reactive ketones (excluding diaryl/α,β-unsaturated/α-hetero) is 3. The summed E-state index contributed by atoms with van der Waals surface area (Å²) < 4.78 is 78.7. The Morgan fingerprint density at radius 1 is 1.12 bits per heavy atom. The van der Waals surface area contributed by atoms with Gasteiger partial charge < -0.3 is 9.26 Å². The first-order valence-electron chi connectivity index (χ1n) is 9.67. The van der Waals surface area contributed by atoms with Crippen molar-refractivity contribution >= 4 is 33.2 Å². The molecule has 0 N–H and O–H groups in total. The summed E-state index contributed by atoms with van der Waals surface area (Å²) in [4.78, 5) is 48.7. The molecule has 1 aromatic heterocycles. The maximum Gasteiger partial charge on any atom is 0.303 e. The molecule has 1 saturated carbocycles. The van der Waals surface area contributed by atoms with Crippen LogP contribution in [0.5, 0.6) is 0 Å². The number of benzene rings is 1. The molecule has 1 fully saturated rings. The summed E-state index contributed by atoms with van der Waals surface area (Å²) in [6, 6.07) is 3.05. The summed E-state index contributed by atoms with van der Waals surface area (Å²) in [6.45, 7) is 3.46. The van der Waals surface area contributed by atoms with Crippen LogP contribution in [0, 0.1) is 13.8 Å². The van der Waals surface area contributed by atoms with Crippen LogP contribution in [0.15, 0.2) is 27.6 Å². The predicted octanol–water partition coefficient (Wildman–Crippen LogP) is 2.01. The third-order valence-electron chi connectivity index (χ3n) is 5.32. The molecule has 13 heteroatoms. The number of nitrogens with zero attached hydrogens (tertiary/aromatic N) is 1. The maximum atomic E-state index is 15.7. The quantitative estimate of drug-likeness (QED) is 0.342. The summed E-state index contributed by atoms with van der Waals surface area (Å²) in [5, 5.41) is 3.63. The lowest BCUT2D eigenvalue weighted by Crippen LogP contribution is -2.66. The molecule has 1 heterocycles. The average molecular weight is 501 g/mol. The van der Waals surface area contributed by atoms with Gasteiger partial charge in [0.15, 0.2) is 21.7 Å². The Morgan fingerprint density at radius 3 is 2.12 bits per heavy atom. The van der Waals surface area contributed by atoms with E-state index in [1.54, 1.807) is 0 Å². The number of esters is 1. The van der Waals surface area contributed by atoms with Gasteiger partial charge in [-0.15, -0.1) is 0 Å². The number of halogens is 3. The minimum atomic E-state index is -4.28. The van der Waals surface area contributed by atoms with Crippen LogP contribution in [0.1, 0.15) is 28.5 Å². The van der Waals surface area contributed by atoms with E-state index in [-0.39, 0.29) is 21.8 Å². The van der Waals surface area contributed by atoms with Crippen molar-refractivity contribution in [1.29, 1.82) is 0 Å². The second kappa shape index (κ2) is 8.46. The molecule has 0 amide bonds. The normalized spacial score (nSPS) is 25.3. The van der Waals surface area contributed by atoms with Gasteiger partial charge in [0.1, 0.15) is 0 Å². The molecule has 2 aromatic rings. The number of hydrogen-bond acceptors (Lipinski definition) is 9. The Labute approximate surface area is 191 Å². The summed E-state index contributed by atoms with van der Waals surface area (Å²) in [6.07, 6.45) is -7.97. The second-order valence-corrected chi connectivity index (χ2v) is 9.79. The van der Waals surface area contributed by atoms with Crippen molar-refractivity contribution in [2.45, 2.75) is 49.8 Å². The highest BCUT2D eigenvalue weighted by Gasteiger charge is 2.66. The number of alkyl halides is 3. The van der Waals surface area contributed by atoms with E-state index in [0.717, 1.165) is 25.3 Å². The molecule has 1 aliphatic rings. The van der Waals surface area contributed by atoms with Crippen LogP contribution < -0.4 is 0 Å². The van der Waals surface area contributed by atoms with Gasteiger partial charge in [0.2, 0.25) is 29.7 Å². The number of rotatable bonds is 5. The van der Waals surface area contributed by atoms with Gasteiger partial charge in [0, 0.05) is 30.4 Å². The van der Waals surface area contributed by atoms with Gasteiger partial charge in [0.25, 0.3) is 5.67 Å². The Morgan fingerprint density at radius 2 is 1.68 bits per heavy atom. The fourth-order valence-corrected chi connectivity index (χ4v) is 4.64. The van der Waals surface area contributed by atoms with Gasteiger partial charge in [-0.3, -0.25) is 19.2 Å². The molecule has 2 unspecified atom stereocenters. The van der Waals surface area contributed by atoms with Crippen LogP contribution in [-0.2, 0) is 29.0 Å². The number of carbonyl (C=O) groups excluding carboxylic acids is 4. The zero-order valence-electron chi connectivity index (χ0n) is 18.2. The molecular weight excluding hydrogens is 483 g/mol. The molecule has 0 radical (unpaired) electrons. The van der Waals surface area contributed by atoms with Crippen LogP contribution in [0.4, 0.5) is 13.2 Å². The first kappa shape index (κ1) is 25.3. The molecule has 0 spiro atoms. The highest BCUT2D eigenvalue weighted by Crippen LogP contribution is 2.38. The van der Waals surface area contributed by atoms with E-state index in [9.17, 15) is 36.4 Å². The van der Waals surface area contributed by atoms with E-state index >= 15 is 4.39 Å². The van der Waals surface area contributed by atoms with Crippen molar-refractivity contribution < 1.29 is 50.0 Å². The van der Waals surface area contributed by atoms with Crippen LogP contribution in [0.3, 0.4) is 0 Å². The van der Waals surface area contributed by atoms with Crippen molar-refractivity contribution in [3.63, 3.8) is 0 Å². The predicted molar refractivity (Wildman–Crippen MR) is 108 cm³/mol. The Bertz CT molecular complexity index is 1310. The van der Waals surface area contributed by atoms with Gasteiger partial charge in [-0.1, -0.05) is 5.16 Å². The van der Waals surface area contributed by atoms with Crippen LogP contribution in [-0.4, -0.2) is 67.3 Å². The van der Waals surface area contributed by atoms with Crippen molar-refractivity contribution in [2.75, 3.05) is 6.26 Å². The largest absolute Gasteiger partial charge is 0.455 e. The van der Waals surface area contributed by atoms with E-state index in [2.05, 4.69) is 9.89 Å². The third-order valence-corrected chi connectivity index (χ3v) is 6.46. The Kier molecular flexibility index (Phi) is 6.29. The lowest BCUT2D eigenvalue weighted by Gasteiger charge is -2.34. The van der Waals surface area contributed by atoms with Gasteiger partial charge in [-0.25, -0.2) is 21.6 Å². The zero-order valence-corrected chi connectivity index (χ0v) is 19.0. The number of carbonyl (C=O) groups is 4. The minimum absolute atomic E-state index is 0.124. The molecule has 0 aliphatic heterocycles. The van der Waals surface area contributed by atoms with Crippen molar-refractivity contribution in [1.82, 2.24) is 5.16 Å². The first-order chi connectivity index (χ1) is 15.6. The fourth-order valence-electron chi connectivity index (χ4n) is 3.70. The fraction of sp³-hybridized carbons (Fsp3) is 0.381. The van der Waals surface area contributed by atoms with Gasteiger partial charge in [-0.05, 0) is 31.5 Å². The Balaban J connectivity index is 2.19. The third kappa shape index (κ3) is 3.93. The van der Waals surface area contributed by atoms with Gasteiger partial charge >= 0.3 is 5.97 Å². The van der Waals surface area contributed by atoms with E-state index < -0.39 is 62.8 Å². The van der Waals surface area contributed by atoms with Crippen molar-refractivity contribution in [3.8, 4) is 11.3 Å². The maximum absolute atomic E-state index is 15.7. The van der Waals surface area contributed by atoms with Crippen molar-refractivity contribution in [3.05, 3.63) is 35.0 Å². The highest BCUT2D eigenvalue weighted by atomic mass is 32.2. The molecule has 182 valence electrons. The van der Waals surface area contributed by atoms with Crippen molar-refractivity contribution in [2.24, 2.45) is 0 Å².